The fourth-order valence-corrected chi connectivity index (χ4v) is 6.28. The fourth-order valence-electron chi connectivity index (χ4n) is 3.42. The van der Waals surface area contributed by atoms with Gasteiger partial charge in [-0.25, -0.2) is 9.82 Å². The van der Waals surface area contributed by atoms with Gasteiger partial charge in [0.25, 0.3) is 5.91 Å². The molecule has 1 N–H and O–H groups in total. The number of amides is 1. The van der Waals surface area contributed by atoms with Gasteiger partial charge in [0, 0.05) is 35.8 Å². The van der Waals surface area contributed by atoms with Gasteiger partial charge in [-0.1, -0.05) is 12.1 Å². The summed E-state index contributed by atoms with van der Waals surface area (Å²) >= 11 is 3.90. The van der Waals surface area contributed by atoms with Crippen LogP contribution in [0.25, 0.3) is 0 Å². The molecule has 158 valence electrons. The van der Waals surface area contributed by atoms with Gasteiger partial charge in [-0.2, -0.15) is 5.10 Å². The number of thioether (sulfide) groups is 2. The molecule has 0 spiro atoms. The van der Waals surface area contributed by atoms with Crippen molar-refractivity contribution in [3.63, 3.8) is 0 Å². The van der Waals surface area contributed by atoms with Crippen LogP contribution >= 0.6 is 23.5 Å². The summed E-state index contributed by atoms with van der Waals surface area (Å²) in [4.78, 5) is 14.1. The van der Waals surface area contributed by atoms with Gasteiger partial charge in [-0.15, -0.1) is 23.5 Å². The third-order valence-corrected chi connectivity index (χ3v) is 8.10. The van der Waals surface area contributed by atoms with E-state index in [1.165, 1.54) is 29.4 Å². The molecule has 2 aromatic rings. The molecule has 0 aromatic heterocycles. The number of halogens is 1. The van der Waals surface area contributed by atoms with Crippen LogP contribution in [0.5, 0.6) is 5.75 Å². The lowest BCUT2D eigenvalue weighted by Gasteiger charge is -2.17. The SMILES string of the molecule is O=C(COc1ccc(C2SCCS2)cc1)N/N=C\c1ccc(N2CCCC2)cc1F. The number of nitrogens with zero attached hydrogens (tertiary/aromatic N) is 2. The van der Waals surface area contributed by atoms with Gasteiger partial charge >= 0.3 is 0 Å². The predicted octanol–water partition coefficient (Wildman–Crippen LogP) is 4.43. The molecule has 8 heteroatoms. The molecule has 2 aromatic carbocycles. The average Bonchev–Trinajstić information content (AvgIpc) is 3.48. The van der Waals surface area contributed by atoms with E-state index in [1.54, 1.807) is 6.07 Å². The molecule has 0 atom stereocenters. The Morgan fingerprint density at radius 3 is 2.60 bits per heavy atom. The van der Waals surface area contributed by atoms with Crippen LogP contribution in [0.3, 0.4) is 0 Å². The summed E-state index contributed by atoms with van der Waals surface area (Å²) in [5, 5.41) is 3.84. The summed E-state index contributed by atoms with van der Waals surface area (Å²) in [6, 6.07) is 12.9. The number of anilines is 1. The Hall–Kier alpha value is -2.19. The number of hydrazone groups is 1. The molecular formula is C22H24FN3O2S2. The standard InChI is InChI=1S/C22H24FN3O2S2/c23-20-13-18(26-9-1-2-10-26)6-3-17(20)14-24-25-21(27)15-28-19-7-4-16(5-8-19)22-29-11-12-30-22/h3-8,13-14,22H,1-2,9-12,15H2,(H,25,27)/b24-14-. The maximum Gasteiger partial charge on any atom is 0.277 e. The number of nitrogens with one attached hydrogen (secondary N) is 1. The van der Waals surface area contributed by atoms with E-state index >= 15 is 0 Å². The quantitative estimate of drug-likeness (QED) is 0.505. The minimum absolute atomic E-state index is 0.153. The fraction of sp³-hybridized carbons (Fsp3) is 0.364. The first-order valence-corrected chi connectivity index (χ1v) is 12.1. The lowest BCUT2D eigenvalue weighted by molar-refractivity contribution is -0.123. The van der Waals surface area contributed by atoms with Gasteiger partial charge < -0.3 is 9.64 Å². The molecule has 0 bridgehead atoms. The zero-order chi connectivity index (χ0) is 20.8. The molecule has 2 heterocycles. The first-order valence-electron chi connectivity index (χ1n) is 10.0. The Balaban J connectivity index is 1.24. The molecule has 4 rings (SSSR count). The van der Waals surface area contributed by atoms with Gasteiger partial charge in [0.15, 0.2) is 6.61 Å². The van der Waals surface area contributed by atoms with Crippen LogP contribution in [-0.2, 0) is 4.79 Å². The topological polar surface area (TPSA) is 53.9 Å². The van der Waals surface area contributed by atoms with E-state index in [4.69, 9.17) is 4.74 Å². The van der Waals surface area contributed by atoms with Crippen molar-refractivity contribution in [1.82, 2.24) is 5.43 Å². The van der Waals surface area contributed by atoms with Gasteiger partial charge in [-0.3, -0.25) is 4.79 Å². The monoisotopic (exact) mass is 445 g/mol. The molecule has 0 saturated carbocycles. The minimum Gasteiger partial charge on any atom is -0.484 e. The molecule has 1 amide bonds. The summed E-state index contributed by atoms with van der Waals surface area (Å²) in [6.07, 6.45) is 3.59. The molecule has 0 aliphatic carbocycles. The summed E-state index contributed by atoms with van der Waals surface area (Å²) in [6.45, 7) is 1.77. The summed E-state index contributed by atoms with van der Waals surface area (Å²) in [5.41, 5.74) is 4.86. The molecule has 2 fully saturated rings. The third kappa shape index (κ3) is 5.49. The summed E-state index contributed by atoms with van der Waals surface area (Å²) in [5.74, 6) is 2.25. The van der Waals surface area contributed by atoms with Crippen LogP contribution in [0, 0.1) is 5.82 Å². The predicted molar refractivity (Wildman–Crippen MR) is 123 cm³/mol. The Morgan fingerprint density at radius 1 is 1.17 bits per heavy atom. The molecule has 0 unspecified atom stereocenters. The van der Waals surface area contributed by atoms with Crippen molar-refractivity contribution >= 4 is 41.3 Å². The zero-order valence-electron chi connectivity index (χ0n) is 16.6. The van der Waals surface area contributed by atoms with E-state index in [1.807, 2.05) is 53.9 Å². The Labute approximate surface area is 184 Å². The summed E-state index contributed by atoms with van der Waals surface area (Å²) in [7, 11) is 0. The Bertz CT molecular complexity index is 896. The van der Waals surface area contributed by atoms with E-state index in [-0.39, 0.29) is 12.4 Å². The second-order valence-corrected chi connectivity index (χ2v) is 9.85. The molecule has 2 aliphatic rings. The third-order valence-electron chi connectivity index (χ3n) is 4.99. The highest BCUT2D eigenvalue weighted by Gasteiger charge is 2.18. The van der Waals surface area contributed by atoms with Crippen molar-refractivity contribution in [1.29, 1.82) is 0 Å². The number of benzene rings is 2. The number of carbonyl (C=O) groups excluding carboxylic acids is 1. The van der Waals surface area contributed by atoms with E-state index in [2.05, 4.69) is 15.4 Å². The van der Waals surface area contributed by atoms with E-state index < -0.39 is 5.91 Å². The largest absolute Gasteiger partial charge is 0.484 e. The Morgan fingerprint density at radius 2 is 1.90 bits per heavy atom. The molecule has 5 nitrogen and oxygen atoms in total. The van der Waals surface area contributed by atoms with Gasteiger partial charge in [0.05, 0.1) is 10.8 Å². The van der Waals surface area contributed by atoms with Crippen molar-refractivity contribution in [2.45, 2.75) is 17.4 Å². The Kier molecular flexibility index (Phi) is 7.17. The van der Waals surface area contributed by atoms with Crippen LogP contribution < -0.4 is 15.1 Å². The second-order valence-electron chi connectivity index (χ2n) is 7.12. The van der Waals surface area contributed by atoms with Crippen molar-refractivity contribution in [2.75, 3.05) is 36.1 Å². The smallest absolute Gasteiger partial charge is 0.277 e. The number of rotatable bonds is 7. The van der Waals surface area contributed by atoms with Gasteiger partial charge in [0.2, 0.25) is 0 Å². The van der Waals surface area contributed by atoms with E-state index in [0.717, 1.165) is 31.6 Å². The lowest BCUT2D eigenvalue weighted by Crippen LogP contribution is -2.24. The molecular weight excluding hydrogens is 421 g/mol. The highest BCUT2D eigenvalue weighted by atomic mass is 32.2. The molecule has 2 saturated heterocycles. The van der Waals surface area contributed by atoms with Gasteiger partial charge in [-0.05, 0) is 48.7 Å². The van der Waals surface area contributed by atoms with Crippen LogP contribution in [0.15, 0.2) is 47.6 Å². The normalized spacial score (nSPS) is 17.0. The van der Waals surface area contributed by atoms with Crippen LogP contribution in [0.2, 0.25) is 0 Å². The highest BCUT2D eigenvalue weighted by Crippen LogP contribution is 2.45. The first kappa shape index (κ1) is 21.1. The molecule has 2 aliphatic heterocycles. The molecule has 30 heavy (non-hydrogen) atoms. The zero-order valence-corrected chi connectivity index (χ0v) is 18.2. The van der Waals surface area contributed by atoms with Crippen molar-refractivity contribution in [2.24, 2.45) is 5.10 Å². The van der Waals surface area contributed by atoms with E-state index in [0.29, 0.717) is 15.9 Å². The number of hydrogen-bond donors (Lipinski definition) is 1. The van der Waals surface area contributed by atoms with Gasteiger partial charge in [0.1, 0.15) is 11.6 Å². The van der Waals surface area contributed by atoms with Crippen molar-refractivity contribution < 1.29 is 13.9 Å². The van der Waals surface area contributed by atoms with Crippen LogP contribution in [0.1, 0.15) is 28.6 Å². The minimum atomic E-state index is -0.397. The number of ether oxygens (including phenoxy) is 1. The molecule has 0 radical (unpaired) electrons. The lowest BCUT2D eigenvalue weighted by atomic mass is 10.2. The average molecular weight is 446 g/mol. The maximum atomic E-state index is 14.3. The van der Waals surface area contributed by atoms with Crippen molar-refractivity contribution in [3.8, 4) is 5.75 Å². The van der Waals surface area contributed by atoms with Crippen LogP contribution in [-0.4, -0.2) is 43.3 Å². The first-order chi connectivity index (χ1) is 14.7. The van der Waals surface area contributed by atoms with Crippen LogP contribution in [0.4, 0.5) is 10.1 Å². The highest BCUT2D eigenvalue weighted by molar-refractivity contribution is 8.19. The van der Waals surface area contributed by atoms with Crippen molar-refractivity contribution in [3.05, 3.63) is 59.4 Å². The van der Waals surface area contributed by atoms with E-state index in [9.17, 15) is 9.18 Å². The number of hydrogen-bond acceptors (Lipinski definition) is 6. The maximum absolute atomic E-state index is 14.3. The number of carbonyl (C=O) groups is 1. The summed E-state index contributed by atoms with van der Waals surface area (Å²) < 4.78 is 20.3. The second kappa shape index (κ2) is 10.2.